The number of ether oxygens (including phenoxy) is 1. The fourth-order valence-electron chi connectivity index (χ4n) is 4.88. The zero-order valence-corrected chi connectivity index (χ0v) is 26.8. The number of anilines is 1. The first-order chi connectivity index (χ1) is 21.2. The summed E-state index contributed by atoms with van der Waals surface area (Å²) in [5.74, 6) is 0.251. The molecule has 4 aromatic rings. The molecule has 1 aliphatic rings. The number of unbranched alkanes of at least 4 members (excludes halogenated alkanes) is 1. The van der Waals surface area contributed by atoms with Crippen molar-refractivity contribution < 1.29 is 22.7 Å². The van der Waals surface area contributed by atoms with Crippen molar-refractivity contribution in [2.45, 2.75) is 55.5 Å². The highest BCUT2D eigenvalue weighted by atomic mass is 32.2. The maximum absolute atomic E-state index is 13.9. The highest BCUT2D eigenvalue weighted by Gasteiger charge is 2.23. The standard InChI is InChI=1S/C30H33N5O6S3/c1-3-4-17-31-29(38)34-44(39,40)22-15-9-19(10-16-22)32-25(36)18-42-30-33-27-26(23-7-5-6-8-24(23)43-27)28(37)35(30)20-11-13-21(41-2)14-12-20/h9-16H,3-8,17-18H2,1-2H3,(H,32,36)(H2,31,34,38). The molecule has 0 atom stereocenters. The zero-order valence-electron chi connectivity index (χ0n) is 24.3. The topological polar surface area (TPSA) is 148 Å². The lowest BCUT2D eigenvalue weighted by Gasteiger charge is -2.14. The lowest BCUT2D eigenvalue weighted by Crippen LogP contribution is -2.39. The number of aromatic nitrogens is 2. The van der Waals surface area contributed by atoms with Gasteiger partial charge < -0.3 is 15.4 Å². The van der Waals surface area contributed by atoms with Crippen molar-refractivity contribution in [2.75, 3.05) is 24.7 Å². The van der Waals surface area contributed by atoms with E-state index in [1.165, 1.54) is 29.1 Å². The van der Waals surface area contributed by atoms with Gasteiger partial charge in [-0.1, -0.05) is 25.1 Å². The highest BCUT2D eigenvalue weighted by Crippen LogP contribution is 2.35. The number of carbonyl (C=O) groups excluding carboxylic acids is 2. The van der Waals surface area contributed by atoms with Gasteiger partial charge in [0.2, 0.25) is 5.91 Å². The van der Waals surface area contributed by atoms with Crippen molar-refractivity contribution in [3.8, 4) is 11.4 Å². The maximum atomic E-state index is 13.9. The Labute approximate surface area is 263 Å². The van der Waals surface area contributed by atoms with E-state index in [1.54, 1.807) is 47.3 Å². The summed E-state index contributed by atoms with van der Waals surface area (Å²) in [5, 5.41) is 6.29. The Morgan fingerprint density at radius 2 is 1.80 bits per heavy atom. The molecule has 0 spiro atoms. The summed E-state index contributed by atoms with van der Waals surface area (Å²) in [5.41, 5.74) is 1.92. The molecule has 44 heavy (non-hydrogen) atoms. The Hall–Kier alpha value is -3.88. The van der Waals surface area contributed by atoms with E-state index in [2.05, 4.69) is 10.6 Å². The van der Waals surface area contributed by atoms with E-state index < -0.39 is 16.1 Å². The molecule has 0 bridgehead atoms. The third-order valence-corrected chi connectivity index (χ3v) is 10.6. The van der Waals surface area contributed by atoms with Crippen LogP contribution in [0.3, 0.4) is 0 Å². The van der Waals surface area contributed by atoms with E-state index in [1.807, 2.05) is 11.6 Å². The number of methoxy groups -OCH3 is 1. The molecule has 11 nitrogen and oxygen atoms in total. The molecule has 232 valence electrons. The van der Waals surface area contributed by atoms with Gasteiger partial charge in [-0.3, -0.25) is 14.2 Å². The summed E-state index contributed by atoms with van der Waals surface area (Å²) in [6.07, 6.45) is 5.52. The molecule has 0 unspecified atom stereocenters. The minimum absolute atomic E-state index is 0.0429. The molecule has 0 aliphatic heterocycles. The average molecular weight is 656 g/mol. The molecule has 5 rings (SSSR count). The van der Waals surface area contributed by atoms with Gasteiger partial charge in [0.25, 0.3) is 15.6 Å². The predicted molar refractivity (Wildman–Crippen MR) is 173 cm³/mol. The van der Waals surface area contributed by atoms with Crippen LogP contribution in [-0.4, -0.2) is 49.3 Å². The van der Waals surface area contributed by atoms with Gasteiger partial charge in [0.1, 0.15) is 10.6 Å². The summed E-state index contributed by atoms with van der Waals surface area (Å²) in [7, 11) is -2.50. The normalized spacial score (nSPS) is 12.9. The molecule has 0 radical (unpaired) electrons. The number of nitrogens with zero attached hydrogens (tertiary/aromatic N) is 2. The monoisotopic (exact) mass is 655 g/mol. The van der Waals surface area contributed by atoms with Crippen molar-refractivity contribution in [1.29, 1.82) is 0 Å². The molecule has 2 heterocycles. The fourth-order valence-corrected chi connectivity index (χ4v) is 7.93. The lowest BCUT2D eigenvalue weighted by atomic mass is 9.97. The number of hydrogen-bond acceptors (Lipinski definition) is 9. The molecule has 1 aliphatic carbocycles. The van der Waals surface area contributed by atoms with Gasteiger partial charge in [-0.25, -0.2) is 22.9 Å². The smallest absolute Gasteiger partial charge is 0.328 e. The molecule has 0 saturated heterocycles. The molecular formula is C30H33N5O6S3. The SMILES string of the molecule is CCCCNC(=O)NS(=O)(=O)c1ccc(NC(=O)CSc2nc3sc4c(c3c(=O)n2-c2ccc(OC)cc2)CCCC4)cc1. The summed E-state index contributed by atoms with van der Waals surface area (Å²) >= 11 is 2.69. The molecule has 0 saturated carbocycles. The molecule has 0 fully saturated rings. The van der Waals surface area contributed by atoms with Crippen molar-refractivity contribution >= 4 is 61.0 Å². The first-order valence-electron chi connectivity index (χ1n) is 14.2. The maximum Gasteiger partial charge on any atom is 0.328 e. The molecular weight excluding hydrogens is 623 g/mol. The van der Waals surface area contributed by atoms with E-state index in [4.69, 9.17) is 9.72 Å². The Morgan fingerprint density at radius 3 is 2.50 bits per heavy atom. The molecule has 2 aromatic heterocycles. The van der Waals surface area contributed by atoms with Crippen LogP contribution in [0.4, 0.5) is 10.5 Å². The van der Waals surface area contributed by atoms with Crippen molar-refractivity contribution in [2.24, 2.45) is 0 Å². The van der Waals surface area contributed by atoms with E-state index in [9.17, 15) is 22.8 Å². The van der Waals surface area contributed by atoms with E-state index in [0.29, 0.717) is 39.0 Å². The first kappa shape index (κ1) is 31.5. The molecule has 2 aromatic carbocycles. The van der Waals surface area contributed by atoms with Gasteiger partial charge >= 0.3 is 6.03 Å². The number of rotatable bonds is 11. The summed E-state index contributed by atoms with van der Waals surface area (Å²) < 4.78 is 33.9. The van der Waals surface area contributed by atoms with Gasteiger partial charge in [0, 0.05) is 17.1 Å². The third kappa shape index (κ3) is 7.08. The van der Waals surface area contributed by atoms with E-state index in [-0.39, 0.29) is 22.1 Å². The van der Waals surface area contributed by atoms with Crippen molar-refractivity contribution in [1.82, 2.24) is 19.6 Å². The second-order valence-corrected chi connectivity index (χ2v) is 13.9. The van der Waals surface area contributed by atoms with Gasteiger partial charge in [-0.2, -0.15) is 0 Å². The number of aryl methyl sites for hydroxylation is 2. The average Bonchev–Trinajstić information content (AvgIpc) is 3.39. The third-order valence-electron chi connectivity index (χ3n) is 7.11. The Kier molecular flexibility index (Phi) is 9.91. The van der Waals surface area contributed by atoms with Crippen LogP contribution < -0.4 is 25.7 Å². The van der Waals surface area contributed by atoms with Crippen LogP contribution >= 0.6 is 23.1 Å². The quantitative estimate of drug-likeness (QED) is 0.118. The molecule has 3 amide bonds. The highest BCUT2D eigenvalue weighted by molar-refractivity contribution is 7.99. The van der Waals surface area contributed by atoms with Crippen LogP contribution in [0.2, 0.25) is 0 Å². The minimum atomic E-state index is -4.07. The Bertz CT molecular complexity index is 1830. The molecule has 14 heteroatoms. The largest absolute Gasteiger partial charge is 0.497 e. The molecule has 3 N–H and O–H groups in total. The Morgan fingerprint density at radius 1 is 1.07 bits per heavy atom. The van der Waals surface area contributed by atoms with Crippen LogP contribution in [-0.2, 0) is 27.7 Å². The fraction of sp³-hybridized carbons (Fsp3) is 0.333. The van der Waals surface area contributed by atoms with Crippen LogP contribution in [0.5, 0.6) is 5.75 Å². The zero-order chi connectivity index (χ0) is 31.3. The summed E-state index contributed by atoms with van der Waals surface area (Å²) in [6.45, 7) is 2.33. The van der Waals surface area contributed by atoms with Crippen LogP contribution in [0.1, 0.15) is 43.0 Å². The Balaban J connectivity index is 1.32. The number of fused-ring (bicyclic) bond motifs is 3. The first-order valence-corrected chi connectivity index (χ1v) is 17.5. The van der Waals surface area contributed by atoms with Gasteiger partial charge in [-0.15, -0.1) is 11.3 Å². The second-order valence-electron chi connectivity index (χ2n) is 10.2. The number of nitrogens with one attached hydrogen (secondary N) is 3. The number of benzene rings is 2. The minimum Gasteiger partial charge on any atom is -0.497 e. The van der Waals surface area contributed by atoms with E-state index in [0.717, 1.165) is 55.9 Å². The summed E-state index contributed by atoms with van der Waals surface area (Å²) in [4.78, 5) is 45.4. The number of hydrogen-bond donors (Lipinski definition) is 3. The van der Waals surface area contributed by atoms with Crippen LogP contribution in [0.25, 0.3) is 15.9 Å². The van der Waals surface area contributed by atoms with Gasteiger partial charge in [0.05, 0.1) is 28.8 Å². The number of sulfonamides is 1. The number of urea groups is 1. The second kappa shape index (κ2) is 13.8. The number of amides is 3. The van der Waals surface area contributed by atoms with Crippen LogP contribution in [0, 0.1) is 0 Å². The summed E-state index contributed by atoms with van der Waals surface area (Å²) in [6, 6.07) is 11.8. The van der Waals surface area contributed by atoms with Crippen molar-refractivity contribution in [3.05, 3.63) is 69.3 Å². The lowest BCUT2D eigenvalue weighted by molar-refractivity contribution is -0.113. The van der Waals surface area contributed by atoms with E-state index >= 15 is 0 Å². The number of carbonyl (C=O) groups is 2. The van der Waals surface area contributed by atoms with Crippen molar-refractivity contribution in [3.63, 3.8) is 0 Å². The number of thiophene rings is 1. The van der Waals surface area contributed by atoms with Gasteiger partial charge in [0.15, 0.2) is 5.16 Å². The predicted octanol–water partition coefficient (Wildman–Crippen LogP) is 4.85. The number of thioether (sulfide) groups is 1. The van der Waals surface area contributed by atoms with Crippen LogP contribution in [0.15, 0.2) is 63.4 Å². The van der Waals surface area contributed by atoms with Gasteiger partial charge in [-0.05, 0) is 86.2 Å².